The number of aliphatic hydroxyl groups is 1. The first-order valence-electron chi connectivity index (χ1n) is 5.42. The van der Waals surface area contributed by atoms with Gasteiger partial charge in [0.2, 0.25) is 0 Å². The van der Waals surface area contributed by atoms with Gasteiger partial charge in [0.15, 0.2) is 0 Å². The second kappa shape index (κ2) is 5.14. The Hall–Kier alpha value is -1.06. The molecule has 15 heavy (non-hydrogen) atoms. The van der Waals surface area contributed by atoms with Crippen molar-refractivity contribution in [3.63, 3.8) is 0 Å². The molecule has 3 nitrogen and oxygen atoms in total. The van der Waals surface area contributed by atoms with Crippen molar-refractivity contribution in [1.82, 2.24) is 0 Å². The molecule has 0 unspecified atom stereocenters. The SMILES string of the molecule is OCc1ccc(NC2CCOCC2)cc1. The Labute approximate surface area is 90.1 Å². The summed E-state index contributed by atoms with van der Waals surface area (Å²) < 4.78 is 5.30. The van der Waals surface area contributed by atoms with Gasteiger partial charge in [0.25, 0.3) is 0 Å². The van der Waals surface area contributed by atoms with Crippen molar-refractivity contribution in [3.8, 4) is 0 Å². The van der Waals surface area contributed by atoms with Crippen LogP contribution >= 0.6 is 0 Å². The number of nitrogens with one attached hydrogen (secondary N) is 1. The summed E-state index contributed by atoms with van der Waals surface area (Å²) in [6.45, 7) is 1.82. The van der Waals surface area contributed by atoms with E-state index in [2.05, 4.69) is 5.32 Å². The highest BCUT2D eigenvalue weighted by Crippen LogP contribution is 2.15. The van der Waals surface area contributed by atoms with Crippen molar-refractivity contribution in [2.75, 3.05) is 18.5 Å². The van der Waals surface area contributed by atoms with Crippen LogP contribution in [0.15, 0.2) is 24.3 Å². The topological polar surface area (TPSA) is 41.5 Å². The van der Waals surface area contributed by atoms with Gasteiger partial charge in [-0.2, -0.15) is 0 Å². The summed E-state index contributed by atoms with van der Waals surface area (Å²) in [6, 6.07) is 8.45. The van der Waals surface area contributed by atoms with Crippen LogP contribution in [-0.4, -0.2) is 24.4 Å². The van der Waals surface area contributed by atoms with Gasteiger partial charge < -0.3 is 15.2 Å². The van der Waals surface area contributed by atoms with Crippen LogP contribution in [-0.2, 0) is 11.3 Å². The molecule has 0 atom stereocenters. The van der Waals surface area contributed by atoms with Crippen LogP contribution in [0, 0.1) is 0 Å². The van der Waals surface area contributed by atoms with Crippen molar-refractivity contribution >= 4 is 5.69 Å². The lowest BCUT2D eigenvalue weighted by Crippen LogP contribution is -2.27. The summed E-state index contributed by atoms with van der Waals surface area (Å²) >= 11 is 0. The van der Waals surface area contributed by atoms with Crippen LogP contribution in [0.1, 0.15) is 18.4 Å². The molecule has 1 aromatic carbocycles. The van der Waals surface area contributed by atoms with Crippen LogP contribution < -0.4 is 5.32 Å². The predicted octanol–water partition coefficient (Wildman–Crippen LogP) is 1.77. The third-order valence-electron chi connectivity index (χ3n) is 2.73. The van der Waals surface area contributed by atoms with E-state index in [1.807, 2.05) is 24.3 Å². The maximum Gasteiger partial charge on any atom is 0.0681 e. The van der Waals surface area contributed by atoms with Crippen molar-refractivity contribution in [2.45, 2.75) is 25.5 Å². The molecule has 82 valence electrons. The molecule has 0 radical (unpaired) electrons. The van der Waals surface area contributed by atoms with E-state index in [1.165, 1.54) is 0 Å². The van der Waals surface area contributed by atoms with Gasteiger partial charge in [-0.15, -0.1) is 0 Å². The van der Waals surface area contributed by atoms with E-state index in [0.717, 1.165) is 37.3 Å². The summed E-state index contributed by atoms with van der Waals surface area (Å²) in [4.78, 5) is 0. The summed E-state index contributed by atoms with van der Waals surface area (Å²) in [6.07, 6.45) is 2.14. The average Bonchev–Trinajstić information content (AvgIpc) is 2.31. The first kappa shape index (κ1) is 10.5. The third kappa shape index (κ3) is 2.94. The Morgan fingerprint density at radius 2 is 1.87 bits per heavy atom. The van der Waals surface area contributed by atoms with E-state index < -0.39 is 0 Å². The fourth-order valence-electron chi connectivity index (χ4n) is 1.78. The van der Waals surface area contributed by atoms with Gasteiger partial charge in [-0.05, 0) is 30.5 Å². The molecule has 1 fully saturated rings. The number of hydrogen-bond donors (Lipinski definition) is 2. The first-order valence-corrected chi connectivity index (χ1v) is 5.42. The quantitative estimate of drug-likeness (QED) is 0.793. The largest absolute Gasteiger partial charge is 0.392 e. The zero-order valence-corrected chi connectivity index (χ0v) is 8.78. The van der Waals surface area contributed by atoms with Crippen molar-refractivity contribution in [3.05, 3.63) is 29.8 Å². The minimum atomic E-state index is 0.109. The van der Waals surface area contributed by atoms with Crippen molar-refractivity contribution < 1.29 is 9.84 Å². The van der Waals surface area contributed by atoms with Crippen LogP contribution in [0.2, 0.25) is 0 Å². The van der Waals surface area contributed by atoms with Gasteiger partial charge >= 0.3 is 0 Å². The Kier molecular flexibility index (Phi) is 3.59. The van der Waals surface area contributed by atoms with Gasteiger partial charge in [0.05, 0.1) is 6.61 Å². The number of hydrogen-bond acceptors (Lipinski definition) is 3. The standard InChI is InChI=1S/C12H17NO2/c14-9-10-1-3-11(4-2-10)13-12-5-7-15-8-6-12/h1-4,12-14H,5-9H2. The number of rotatable bonds is 3. The molecule has 0 amide bonds. The molecule has 1 aromatic rings. The molecule has 0 spiro atoms. The molecule has 0 aromatic heterocycles. The molecular formula is C12H17NO2. The summed E-state index contributed by atoms with van der Waals surface area (Å²) in [5, 5.41) is 12.4. The first-order chi connectivity index (χ1) is 7.38. The van der Waals surface area contributed by atoms with Crippen molar-refractivity contribution in [2.24, 2.45) is 0 Å². The lowest BCUT2D eigenvalue weighted by Gasteiger charge is -2.24. The lowest BCUT2D eigenvalue weighted by molar-refractivity contribution is 0.0904. The molecule has 1 saturated heterocycles. The van der Waals surface area contributed by atoms with Gasteiger partial charge in [-0.3, -0.25) is 0 Å². The van der Waals surface area contributed by atoms with E-state index in [0.29, 0.717) is 6.04 Å². The molecule has 0 saturated carbocycles. The van der Waals surface area contributed by atoms with E-state index in [-0.39, 0.29) is 6.61 Å². The van der Waals surface area contributed by atoms with Gasteiger partial charge in [-0.25, -0.2) is 0 Å². The summed E-state index contributed by atoms with van der Waals surface area (Å²) in [5.74, 6) is 0. The van der Waals surface area contributed by atoms with Gasteiger partial charge in [0, 0.05) is 24.9 Å². The fraction of sp³-hybridized carbons (Fsp3) is 0.500. The van der Waals surface area contributed by atoms with Crippen LogP contribution in [0.3, 0.4) is 0 Å². The van der Waals surface area contributed by atoms with Gasteiger partial charge in [0.1, 0.15) is 0 Å². The zero-order valence-electron chi connectivity index (χ0n) is 8.78. The zero-order chi connectivity index (χ0) is 10.5. The molecule has 1 aliphatic rings. The molecule has 2 rings (SSSR count). The molecular weight excluding hydrogens is 190 g/mol. The number of ether oxygens (including phenoxy) is 1. The van der Waals surface area contributed by atoms with Crippen LogP contribution in [0.5, 0.6) is 0 Å². The average molecular weight is 207 g/mol. The van der Waals surface area contributed by atoms with E-state index in [9.17, 15) is 0 Å². The lowest BCUT2D eigenvalue weighted by atomic mass is 10.1. The summed E-state index contributed by atoms with van der Waals surface area (Å²) in [5.41, 5.74) is 2.08. The third-order valence-corrected chi connectivity index (χ3v) is 2.73. The van der Waals surface area contributed by atoms with Crippen LogP contribution in [0.4, 0.5) is 5.69 Å². The molecule has 3 heteroatoms. The second-order valence-electron chi connectivity index (χ2n) is 3.89. The maximum atomic E-state index is 8.91. The number of anilines is 1. The maximum absolute atomic E-state index is 8.91. The van der Waals surface area contributed by atoms with Crippen molar-refractivity contribution in [1.29, 1.82) is 0 Å². The van der Waals surface area contributed by atoms with E-state index >= 15 is 0 Å². The minimum Gasteiger partial charge on any atom is -0.392 e. The molecule has 0 bridgehead atoms. The smallest absolute Gasteiger partial charge is 0.0681 e. The normalized spacial score (nSPS) is 17.7. The minimum absolute atomic E-state index is 0.109. The Balaban J connectivity index is 1.91. The Bertz CT molecular complexity index is 291. The molecule has 1 aliphatic heterocycles. The van der Waals surface area contributed by atoms with E-state index in [4.69, 9.17) is 9.84 Å². The molecule has 2 N–H and O–H groups in total. The highest BCUT2D eigenvalue weighted by molar-refractivity contribution is 5.45. The Morgan fingerprint density at radius 3 is 2.47 bits per heavy atom. The molecule has 1 heterocycles. The second-order valence-corrected chi connectivity index (χ2v) is 3.89. The predicted molar refractivity (Wildman–Crippen MR) is 59.8 cm³/mol. The monoisotopic (exact) mass is 207 g/mol. The highest BCUT2D eigenvalue weighted by Gasteiger charge is 2.12. The highest BCUT2D eigenvalue weighted by atomic mass is 16.5. The number of aliphatic hydroxyl groups excluding tert-OH is 1. The summed E-state index contributed by atoms with van der Waals surface area (Å²) in [7, 11) is 0. The molecule has 0 aliphatic carbocycles. The fourth-order valence-corrected chi connectivity index (χ4v) is 1.78. The van der Waals surface area contributed by atoms with E-state index in [1.54, 1.807) is 0 Å². The Morgan fingerprint density at radius 1 is 1.20 bits per heavy atom. The van der Waals surface area contributed by atoms with Gasteiger partial charge in [-0.1, -0.05) is 12.1 Å². The number of benzene rings is 1. The van der Waals surface area contributed by atoms with Crippen LogP contribution in [0.25, 0.3) is 0 Å².